The zero-order chi connectivity index (χ0) is 21.7. The Balaban J connectivity index is 1.58. The summed E-state index contributed by atoms with van der Waals surface area (Å²) in [7, 11) is 1.60. The minimum Gasteiger partial charge on any atom is -0.497 e. The smallest absolute Gasteiger partial charge is 0.224 e. The first-order chi connectivity index (χ1) is 14.4. The molecule has 0 fully saturated rings. The maximum absolute atomic E-state index is 12.4. The van der Waals surface area contributed by atoms with E-state index in [0.29, 0.717) is 28.9 Å². The van der Waals surface area contributed by atoms with E-state index in [1.54, 1.807) is 30.0 Å². The van der Waals surface area contributed by atoms with E-state index in [1.807, 2.05) is 38.1 Å². The minimum absolute atomic E-state index is 0.0998. The molecule has 1 aromatic heterocycles. The Kier molecular flexibility index (Phi) is 7.24. The highest BCUT2D eigenvalue weighted by Gasteiger charge is 2.17. The van der Waals surface area contributed by atoms with E-state index in [0.717, 1.165) is 28.4 Å². The normalized spacial score (nSPS) is 10.7. The lowest BCUT2D eigenvalue weighted by molar-refractivity contribution is -0.120. The summed E-state index contributed by atoms with van der Waals surface area (Å²) in [5, 5.41) is 8.48. The molecule has 1 N–H and O–H groups in total. The minimum atomic E-state index is -0.0998. The lowest BCUT2D eigenvalue weighted by Gasteiger charge is -2.10. The zero-order valence-corrected chi connectivity index (χ0v) is 18.5. The molecular formula is C22H23Cl2N3O3. The van der Waals surface area contributed by atoms with Crippen LogP contribution in [-0.4, -0.2) is 35.9 Å². The fourth-order valence-electron chi connectivity index (χ4n) is 3.09. The zero-order valence-electron chi connectivity index (χ0n) is 17.0. The number of ether oxygens (including phenoxy) is 2. The number of hydrogen-bond donors (Lipinski definition) is 1. The molecule has 0 saturated heterocycles. The second kappa shape index (κ2) is 9.87. The van der Waals surface area contributed by atoms with Gasteiger partial charge in [0.1, 0.15) is 18.1 Å². The molecule has 6 nitrogen and oxygen atoms in total. The van der Waals surface area contributed by atoms with Crippen LogP contribution in [0.4, 0.5) is 0 Å². The van der Waals surface area contributed by atoms with E-state index in [1.165, 1.54) is 0 Å². The van der Waals surface area contributed by atoms with Gasteiger partial charge in [-0.25, -0.2) is 4.68 Å². The van der Waals surface area contributed by atoms with Crippen LogP contribution in [0.2, 0.25) is 10.0 Å². The van der Waals surface area contributed by atoms with Crippen molar-refractivity contribution in [1.29, 1.82) is 0 Å². The summed E-state index contributed by atoms with van der Waals surface area (Å²) in [6, 6.07) is 12.6. The van der Waals surface area contributed by atoms with Gasteiger partial charge in [-0.05, 0) is 44.2 Å². The molecule has 0 aliphatic rings. The van der Waals surface area contributed by atoms with Crippen LogP contribution < -0.4 is 14.8 Å². The average molecular weight is 448 g/mol. The van der Waals surface area contributed by atoms with E-state index in [4.69, 9.17) is 32.7 Å². The summed E-state index contributed by atoms with van der Waals surface area (Å²) in [5.41, 5.74) is 3.23. The first kappa shape index (κ1) is 22.0. The van der Waals surface area contributed by atoms with Gasteiger partial charge >= 0.3 is 0 Å². The molecule has 8 heteroatoms. The second-order valence-electron chi connectivity index (χ2n) is 6.71. The lowest BCUT2D eigenvalue weighted by Crippen LogP contribution is -2.29. The molecule has 3 aromatic rings. The average Bonchev–Trinajstić information content (AvgIpc) is 2.99. The standard InChI is InChI=1S/C22H23Cl2N3O3/c1-14-19(15(2)27(26-14)21-8-7-16(23)11-20(21)24)13-22(28)25-9-10-30-18-6-4-5-17(12-18)29-3/h4-8,11-12H,9-10,13H2,1-3H3,(H,25,28). The summed E-state index contributed by atoms with van der Waals surface area (Å²) in [4.78, 5) is 12.4. The predicted molar refractivity (Wildman–Crippen MR) is 118 cm³/mol. The maximum Gasteiger partial charge on any atom is 0.224 e. The molecule has 0 aliphatic carbocycles. The number of nitrogens with one attached hydrogen (secondary N) is 1. The largest absolute Gasteiger partial charge is 0.497 e. The highest BCUT2D eigenvalue weighted by molar-refractivity contribution is 6.35. The molecular weight excluding hydrogens is 425 g/mol. The number of aryl methyl sites for hydroxylation is 1. The van der Waals surface area contributed by atoms with Gasteiger partial charge in [-0.3, -0.25) is 4.79 Å². The van der Waals surface area contributed by atoms with Crippen LogP contribution in [0.5, 0.6) is 11.5 Å². The molecule has 30 heavy (non-hydrogen) atoms. The van der Waals surface area contributed by atoms with Gasteiger partial charge in [-0.1, -0.05) is 29.3 Å². The number of hydrogen-bond acceptors (Lipinski definition) is 4. The van der Waals surface area contributed by atoms with Gasteiger partial charge in [0.25, 0.3) is 0 Å². The molecule has 0 aliphatic heterocycles. The van der Waals surface area contributed by atoms with Crippen LogP contribution in [0.15, 0.2) is 42.5 Å². The summed E-state index contributed by atoms with van der Waals surface area (Å²) in [6.07, 6.45) is 0.224. The molecule has 158 valence electrons. The Morgan fingerprint density at radius 2 is 1.90 bits per heavy atom. The third-order valence-electron chi connectivity index (χ3n) is 4.65. The van der Waals surface area contributed by atoms with Crippen molar-refractivity contribution in [1.82, 2.24) is 15.1 Å². The van der Waals surface area contributed by atoms with Gasteiger partial charge in [0.05, 0.1) is 36.5 Å². The van der Waals surface area contributed by atoms with Gasteiger partial charge in [0.2, 0.25) is 5.91 Å². The van der Waals surface area contributed by atoms with E-state index < -0.39 is 0 Å². The number of nitrogens with zero attached hydrogens (tertiary/aromatic N) is 2. The third-order valence-corrected chi connectivity index (χ3v) is 5.19. The Hall–Kier alpha value is -2.70. The van der Waals surface area contributed by atoms with Crippen molar-refractivity contribution in [2.24, 2.45) is 0 Å². The molecule has 0 unspecified atom stereocenters. The molecule has 3 rings (SSSR count). The van der Waals surface area contributed by atoms with Gasteiger partial charge in [0, 0.05) is 22.3 Å². The SMILES string of the molecule is COc1cccc(OCCNC(=O)Cc2c(C)nn(-c3ccc(Cl)cc3Cl)c2C)c1. The lowest BCUT2D eigenvalue weighted by atomic mass is 10.1. The van der Waals surface area contributed by atoms with Crippen molar-refractivity contribution in [3.63, 3.8) is 0 Å². The number of aromatic nitrogens is 2. The van der Waals surface area contributed by atoms with Crippen LogP contribution in [0, 0.1) is 13.8 Å². The topological polar surface area (TPSA) is 65.4 Å². The monoisotopic (exact) mass is 447 g/mol. The van der Waals surface area contributed by atoms with Gasteiger partial charge in [0.15, 0.2) is 0 Å². The second-order valence-corrected chi connectivity index (χ2v) is 7.55. The van der Waals surface area contributed by atoms with Crippen molar-refractivity contribution >= 4 is 29.1 Å². The van der Waals surface area contributed by atoms with Crippen molar-refractivity contribution < 1.29 is 14.3 Å². The molecule has 0 radical (unpaired) electrons. The number of carbonyl (C=O) groups excluding carboxylic acids is 1. The molecule has 0 atom stereocenters. The third kappa shape index (κ3) is 5.26. The van der Waals surface area contributed by atoms with E-state index in [9.17, 15) is 4.79 Å². The van der Waals surface area contributed by atoms with E-state index >= 15 is 0 Å². The number of carbonyl (C=O) groups is 1. The highest BCUT2D eigenvalue weighted by atomic mass is 35.5. The molecule has 2 aromatic carbocycles. The van der Waals surface area contributed by atoms with Crippen LogP contribution >= 0.6 is 23.2 Å². The Labute approximate surface area is 185 Å². The highest BCUT2D eigenvalue weighted by Crippen LogP contribution is 2.27. The van der Waals surface area contributed by atoms with Crippen molar-refractivity contribution in [2.45, 2.75) is 20.3 Å². The Bertz CT molecular complexity index is 1050. The van der Waals surface area contributed by atoms with Crippen LogP contribution in [0.25, 0.3) is 5.69 Å². The number of halogens is 2. The van der Waals surface area contributed by atoms with Crippen LogP contribution in [0.3, 0.4) is 0 Å². The van der Waals surface area contributed by atoms with Gasteiger partial charge in [-0.2, -0.15) is 5.10 Å². The number of rotatable bonds is 8. The van der Waals surface area contributed by atoms with Crippen molar-refractivity contribution in [3.05, 3.63) is 69.5 Å². The Morgan fingerprint density at radius 3 is 2.63 bits per heavy atom. The predicted octanol–water partition coefficient (Wildman–Crippen LogP) is 4.54. The molecule has 0 bridgehead atoms. The fourth-order valence-corrected chi connectivity index (χ4v) is 3.58. The number of benzene rings is 2. The molecule has 0 spiro atoms. The van der Waals surface area contributed by atoms with Crippen LogP contribution in [0.1, 0.15) is 17.0 Å². The maximum atomic E-state index is 12.4. The van der Waals surface area contributed by atoms with Crippen molar-refractivity contribution in [2.75, 3.05) is 20.3 Å². The molecule has 1 amide bonds. The summed E-state index contributed by atoms with van der Waals surface area (Å²) in [6.45, 7) is 4.54. The number of amides is 1. The Morgan fingerprint density at radius 1 is 1.13 bits per heavy atom. The summed E-state index contributed by atoms with van der Waals surface area (Å²) >= 11 is 12.3. The first-order valence-electron chi connectivity index (χ1n) is 9.43. The molecule has 0 saturated carbocycles. The van der Waals surface area contributed by atoms with Gasteiger partial charge in [-0.15, -0.1) is 0 Å². The summed E-state index contributed by atoms with van der Waals surface area (Å²) in [5.74, 6) is 1.31. The quantitative estimate of drug-likeness (QED) is 0.514. The number of methoxy groups -OCH3 is 1. The van der Waals surface area contributed by atoms with Crippen LogP contribution in [-0.2, 0) is 11.2 Å². The fraction of sp³-hybridized carbons (Fsp3) is 0.273. The first-order valence-corrected chi connectivity index (χ1v) is 10.2. The summed E-state index contributed by atoms with van der Waals surface area (Å²) < 4.78 is 12.5. The van der Waals surface area contributed by atoms with Gasteiger partial charge < -0.3 is 14.8 Å². The van der Waals surface area contributed by atoms with Crippen molar-refractivity contribution in [3.8, 4) is 17.2 Å². The van der Waals surface area contributed by atoms with E-state index in [2.05, 4.69) is 10.4 Å². The molecule has 1 heterocycles. The van der Waals surface area contributed by atoms with E-state index in [-0.39, 0.29) is 12.3 Å².